The van der Waals surface area contributed by atoms with Gasteiger partial charge in [0.25, 0.3) is 11.5 Å². The minimum atomic E-state index is -0.193. The molecule has 0 aliphatic carbocycles. The average molecular weight is 437 g/mol. The smallest absolute Gasteiger partial charge is 0.271 e. The third-order valence-corrected chi connectivity index (χ3v) is 5.87. The van der Waals surface area contributed by atoms with E-state index in [0.717, 1.165) is 37.9 Å². The van der Waals surface area contributed by atoms with Crippen LogP contribution in [0.1, 0.15) is 47.8 Å². The Balaban J connectivity index is 1.37. The van der Waals surface area contributed by atoms with Gasteiger partial charge in [-0.3, -0.25) is 19.6 Å². The number of nitrogens with one attached hydrogen (secondary N) is 2. The van der Waals surface area contributed by atoms with Gasteiger partial charge in [0.1, 0.15) is 5.82 Å². The number of aromatic amines is 1. The standard InChI is InChI=1S/C25H29FN4O2/c1-2-6-20-15-24(31)30(28-20)22-12-10-18(11-13-22)25(32)27-21-8-5-14-29(17-21)16-19-7-3-4-9-23(19)26/h3-4,7,9-13,15,21,28H,2,5-6,8,14,16-17H2,1H3,(H,27,32). The molecule has 168 valence electrons. The van der Waals surface area contributed by atoms with Gasteiger partial charge in [0.15, 0.2) is 0 Å². The molecular formula is C25H29FN4O2. The van der Waals surface area contributed by atoms with Gasteiger partial charge in [-0.25, -0.2) is 9.07 Å². The Morgan fingerprint density at radius 3 is 2.72 bits per heavy atom. The number of carbonyl (C=O) groups excluding carboxylic acids is 1. The van der Waals surface area contributed by atoms with Crippen molar-refractivity contribution >= 4 is 5.91 Å². The maximum Gasteiger partial charge on any atom is 0.271 e. The van der Waals surface area contributed by atoms with Crippen molar-refractivity contribution in [3.8, 4) is 5.69 Å². The van der Waals surface area contributed by atoms with Gasteiger partial charge >= 0.3 is 0 Å². The Morgan fingerprint density at radius 1 is 1.19 bits per heavy atom. The van der Waals surface area contributed by atoms with Crippen molar-refractivity contribution < 1.29 is 9.18 Å². The average Bonchev–Trinajstić information content (AvgIpc) is 3.16. The molecule has 6 nitrogen and oxygen atoms in total. The maximum atomic E-state index is 14.0. The monoisotopic (exact) mass is 436 g/mol. The Morgan fingerprint density at radius 2 is 1.97 bits per heavy atom. The topological polar surface area (TPSA) is 70.1 Å². The van der Waals surface area contributed by atoms with E-state index in [4.69, 9.17) is 0 Å². The second-order valence-corrected chi connectivity index (χ2v) is 8.39. The van der Waals surface area contributed by atoms with Crippen LogP contribution in [0.4, 0.5) is 4.39 Å². The SMILES string of the molecule is CCCc1cc(=O)n(-c2ccc(C(=O)NC3CCCN(Cc4ccccc4F)C3)cc2)[nH]1. The van der Waals surface area contributed by atoms with Gasteiger partial charge in [0, 0.05) is 42.0 Å². The predicted molar refractivity (Wildman–Crippen MR) is 123 cm³/mol. The third-order valence-electron chi connectivity index (χ3n) is 5.87. The normalized spacial score (nSPS) is 16.8. The predicted octanol–water partition coefficient (Wildman–Crippen LogP) is 3.65. The van der Waals surface area contributed by atoms with Crippen LogP contribution in [0, 0.1) is 5.82 Å². The summed E-state index contributed by atoms with van der Waals surface area (Å²) < 4.78 is 15.5. The summed E-state index contributed by atoms with van der Waals surface area (Å²) in [6, 6.07) is 15.5. The lowest BCUT2D eigenvalue weighted by atomic mass is 10.0. The molecule has 1 saturated heterocycles. The lowest BCUT2D eigenvalue weighted by Gasteiger charge is -2.33. The van der Waals surface area contributed by atoms with Crippen LogP contribution < -0.4 is 10.9 Å². The number of aromatic nitrogens is 2. The highest BCUT2D eigenvalue weighted by Gasteiger charge is 2.22. The highest BCUT2D eigenvalue weighted by atomic mass is 19.1. The van der Waals surface area contributed by atoms with E-state index >= 15 is 0 Å². The third kappa shape index (κ3) is 5.16. The number of nitrogens with zero attached hydrogens (tertiary/aromatic N) is 2. The Hall–Kier alpha value is -3.19. The molecule has 0 radical (unpaired) electrons. The molecule has 2 heterocycles. The fourth-order valence-corrected chi connectivity index (χ4v) is 4.25. The summed E-state index contributed by atoms with van der Waals surface area (Å²) in [6.45, 7) is 4.18. The number of benzene rings is 2. The molecule has 0 saturated carbocycles. The van der Waals surface area contributed by atoms with Gasteiger partial charge in [0.05, 0.1) is 5.69 Å². The number of likely N-dealkylation sites (tertiary alicyclic amines) is 1. The second kappa shape index (κ2) is 9.96. The molecule has 2 aromatic carbocycles. The first-order chi connectivity index (χ1) is 15.5. The van der Waals surface area contributed by atoms with Gasteiger partial charge in [-0.15, -0.1) is 0 Å². The Bertz CT molecular complexity index is 1120. The number of hydrogen-bond acceptors (Lipinski definition) is 3. The molecule has 1 unspecified atom stereocenters. The summed E-state index contributed by atoms with van der Waals surface area (Å²) in [5.41, 5.74) is 2.71. The first kappa shape index (κ1) is 22.0. The van der Waals surface area contributed by atoms with Gasteiger partial charge in [-0.05, 0) is 56.1 Å². The molecule has 1 atom stereocenters. The molecule has 7 heteroatoms. The summed E-state index contributed by atoms with van der Waals surface area (Å²) in [5, 5.41) is 6.22. The minimum Gasteiger partial charge on any atom is -0.348 e. The summed E-state index contributed by atoms with van der Waals surface area (Å²) in [5.74, 6) is -0.332. The van der Waals surface area contributed by atoms with Crippen LogP contribution in [0.25, 0.3) is 5.69 Å². The fraction of sp³-hybridized carbons (Fsp3) is 0.360. The molecular weight excluding hydrogens is 407 g/mol. The van der Waals surface area contributed by atoms with Crippen LogP contribution in [0.2, 0.25) is 0 Å². The fourth-order valence-electron chi connectivity index (χ4n) is 4.25. The number of aryl methyl sites for hydroxylation is 1. The Labute approximate surface area is 187 Å². The van der Waals surface area contributed by atoms with E-state index in [0.29, 0.717) is 29.9 Å². The van der Waals surface area contributed by atoms with Crippen LogP contribution in [-0.2, 0) is 13.0 Å². The van der Waals surface area contributed by atoms with Crippen LogP contribution in [-0.4, -0.2) is 39.7 Å². The molecule has 1 aliphatic heterocycles. The summed E-state index contributed by atoms with van der Waals surface area (Å²) in [4.78, 5) is 27.2. The Kier molecular flexibility index (Phi) is 6.85. The van der Waals surface area contributed by atoms with E-state index < -0.39 is 0 Å². The first-order valence-corrected chi connectivity index (χ1v) is 11.2. The molecule has 0 spiro atoms. The zero-order chi connectivity index (χ0) is 22.5. The molecule has 1 aliphatic rings. The van der Waals surface area contributed by atoms with Crippen molar-refractivity contribution in [3.63, 3.8) is 0 Å². The van der Waals surface area contributed by atoms with E-state index in [1.54, 1.807) is 42.5 Å². The molecule has 1 fully saturated rings. The number of hydrogen-bond donors (Lipinski definition) is 2. The zero-order valence-electron chi connectivity index (χ0n) is 18.3. The highest BCUT2D eigenvalue weighted by molar-refractivity contribution is 5.94. The van der Waals surface area contributed by atoms with E-state index in [9.17, 15) is 14.0 Å². The van der Waals surface area contributed by atoms with Gasteiger partial charge in [-0.2, -0.15) is 0 Å². The molecule has 1 amide bonds. The number of carbonyl (C=O) groups is 1. The van der Waals surface area contributed by atoms with Crippen LogP contribution in [0.3, 0.4) is 0 Å². The van der Waals surface area contributed by atoms with Gasteiger partial charge in [0.2, 0.25) is 0 Å². The summed E-state index contributed by atoms with van der Waals surface area (Å²) >= 11 is 0. The number of piperidine rings is 1. The van der Waals surface area contributed by atoms with Crippen molar-refractivity contribution in [2.45, 2.75) is 45.2 Å². The van der Waals surface area contributed by atoms with Crippen LogP contribution >= 0.6 is 0 Å². The summed E-state index contributed by atoms with van der Waals surface area (Å²) in [6.07, 6.45) is 3.62. The highest BCUT2D eigenvalue weighted by Crippen LogP contribution is 2.16. The molecule has 4 rings (SSSR count). The van der Waals surface area contributed by atoms with E-state index in [1.165, 1.54) is 10.7 Å². The maximum absolute atomic E-state index is 14.0. The molecule has 1 aromatic heterocycles. The summed E-state index contributed by atoms with van der Waals surface area (Å²) in [7, 11) is 0. The first-order valence-electron chi connectivity index (χ1n) is 11.2. The minimum absolute atomic E-state index is 0.0188. The largest absolute Gasteiger partial charge is 0.348 e. The van der Waals surface area contributed by atoms with Crippen molar-refractivity contribution in [2.75, 3.05) is 13.1 Å². The van der Waals surface area contributed by atoms with Crippen molar-refractivity contribution in [3.05, 3.63) is 87.6 Å². The number of halogens is 1. The van der Waals surface area contributed by atoms with Crippen molar-refractivity contribution in [2.24, 2.45) is 0 Å². The molecule has 0 bridgehead atoms. The number of H-pyrrole nitrogens is 1. The molecule has 3 aromatic rings. The number of amides is 1. The van der Waals surface area contributed by atoms with Gasteiger partial charge in [-0.1, -0.05) is 31.5 Å². The van der Waals surface area contributed by atoms with E-state index in [-0.39, 0.29) is 23.3 Å². The van der Waals surface area contributed by atoms with Crippen molar-refractivity contribution in [1.29, 1.82) is 0 Å². The van der Waals surface area contributed by atoms with E-state index in [2.05, 4.69) is 22.2 Å². The molecule has 2 N–H and O–H groups in total. The lowest BCUT2D eigenvalue weighted by molar-refractivity contribution is 0.0900. The second-order valence-electron chi connectivity index (χ2n) is 8.39. The lowest BCUT2D eigenvalue weighted by Crippen LogP contribution is -2.47. The van der Waals surface area contributed by atoms with Crippen molar-refractivity contribution in [1.82, 2.24) is 20.0 Å². The quantitative estimate of drug-likeness (QED) is 0.594. The molecule has 32 heavy (non-hydrogen) atoms. The van der Waals surface area contributed by atoms with E-state index in [1.807, 2.05) is 6.07 Å². The van der Waals surface area contributed by atoms with Crippen LogP contribution in [0.15, 0.2) is 59.4 Å². The van der Waals surface area contributed by atoms with Crippen LogP contribution in [0.5, 0.6) is 0 Å². The number of rotatable bonds is 7. The zero-order valence-corrected chi connectivity index (χ0v) is 18.3. The van der Waals surface area contributed by atoms with Gasteiger partial charge < -0.3 is 5.32 Å².